The number of nitrogens with one attached hydrogen (secondary N) is 2. The summed E-state index contributed by atoms with van der Waals surface area (Å²) in [4.78, 5) is 0. The highest BCUT2D eigenvalue weighted by Crippen LogP contribution is 2.60. The van der Waals surface area contributed by atoms with Crippen LogP contribution >= 0.6 is 0 Å². The molecule has 0 fully saturated rings. The van der Waals surface area contributed by atoms with Crippen LogP contribution in [0.3, 0.4) is 0 Å². The molecule has 0 spiro atoms. The molecule has 2 nitrogen and oxygen atoms in total. The summed E-state index contributed by atoms with van der Waals surface area (Å²) < 4.78 is 0. The van der Waals surface area contributed by atoms with E-state index in [1.165, 1.54) is 132 Å². The Labute approximate surface area is 581 Å². The van der Waals surface area contributed by atoms with E-state index in [9.17, 15) is 0 Å². The lowest BCUT2D eigenvalue weighted by atomic mass is 9.62. The maximum absolute atomic E-state index is 4.17. The van der Waals surface area contributed by atoms with Crippen molar-refractivity contribution in [1.82, 2.24) is 0 Å². The number of rotatable bonds is 9. The Morgan fingerprint density at radius 2 is 0.410 bits per heavy atom. The number of benzene rings is 18. The van der Waals surface area contributed by atoms with Gasteiger partial charge >= 0.3 is 0 Å². The van der Waals surface area contributed by atoms with Crippen molar-refractivity contribution in [3.63, 3.8) is 0 Å². The first-order chi connectivity index (χ1) is 49.6. The van der Waals surface area contributed by atoms with Crippen molar-refractivity contribution in [2.75, 3.05) is 10.6 Å². The summed E-state index contributed by atoms with van der Waals surface area (Å²) in [5.74, 6) is 0. The summed E-state index contributed by atoms with van der Waals surface area (Å²) in [6.07, 6.45) is 0. The molecule has 20 rings (SSSR count). The molecule has 0 bridgehead atoms. The Kier molecular flexibility index (Phi) is 13.1. The summed E-state index contributed by atoms with van der Waals surface area (Å²) in [5.41, 5.74) is 24.4. The maximum Gasteiger partial charge on any atom is 0.0742 e. The Morgan fingerprint density at radius 3 is 0.770 bits per heavy atom. The molecule has 100 heavy (non-hydrogen) atoms. The van der Waals surface area contributed by atoms with Crippen molar-refractivity contribution in [2.45, 2.75) is 10.8 Å². The normalized spacial score (nSPS) is 13.3. The third-order valence-electron chi connectivity index (χ3n) is 22.0. The molecule has 466 valence electrons. The number of hydrogen-bond donors (Lipinski definition) is 2. The molecule has 0 atom stereocenters. The van der Waals surface area contributed by atoms with Crippen molar-refractivity contribution in [3.8, 4) is 55.6 Å². The summed E-state index contributed by atoms with van der Waals surface area (Å²) in [5, 5.41) is 22.6. The SMILES string of the molecule is c1ccc(C2(c3ccccc3)c3ccccc3Nc3c(-c4cccc5c(-c6c7cccc(-c8cccc9ccccc89)c7cc7c(-c8cccc9ccccc89)cccc67)c6cccc(-c7cccc8c7Nc7ccccc7C8(c7ccccc7)c7ccccc7)c6cc45)cccc32)cc1. The van der Waals surface area contributed by atoms with Gasteiger partial charge in [-0.15, -0.1) is 0 Å². The fourth-order valence-corrected chi connectivity index (χ4v) is 17.9. The zero-order valence-corrected chi connectivity index (χ0v) is 54.8. The molecule has 0 unspecified atom stereocenters. The second-order valence-electron chi connectivity index (χ2n) is 26.9. The van der Waals surface area contributed by atoms with Gasteiger partial charge in [-0.25, -0.2) is 0 Å². The highest BCUT2D eigenvalue weighted by molar-refractivity contribution is 6.29. The van der Waals surface area contributed by atoms with Gasteiger partial charge in [-0.1, -0.05) is 352 Å². The van der Waals surface area contributed by atoms with Gasteiger partial charge in [0.15, 0.2) is 0 Å². The van der Waals surface area contributed by atoms with Gasteiger partial charge in [-0.2, -0.15) is 0 Å². The number of fused-ring (bicyclic) bond motifs is 10. The summed E-state index contributed by atoms with van der Waals surface area (Å²) in [6.45, 7) is 0. The van der Waals surface area contributed by atoms with Crippen LogP contribution < -0.4 is 10.6 Å². The molecular formula is C98H64N2. The van der Waals surface area contributed by atoms with Crippen LogP contribution in [-0.2, 0) is 10.8 Å². The van der Waals surface area contributed by atoms with Crippen LogP contribution in [0, 0.1) is 0 Å². The van der Waals surface area contributed by atoms with Crippen molar-refractivity contribution < 1.29 is 0 Å². The Bertz CT molecular complexity index is 5860. The molecule has 2 aliphatic heterocycles. The zero-order chi connectivity index (χ0) is 65.9. The van der Waals surface area contributed by atoms with Gasteiger partial charge in [0, 0.05) is 22.5 Å². The lowest BCUT2D eigenvalue weighted by molar-refractivity contribution is 0.741. The van der Waals surface area contributed by atoms with Crippen LogP contribution in [-0.4, -0.2) is 0 Å². The fourth-order valence-electron chi connectivity index (χ4n) is 17.9. The average molecular weight is 1270 g/mol. The van der Waals surface area contributed by atoms with Crippen molar-refractivity contribution in [2.24, 2.45) is 0 Å². The molecule has 0 aliphatic carbocycles. The van der Waals surface area contributed by atoms with Crippen molar-refractivity contribution in [3.05, 3.63) is 421 Å². The van der Waals surface area contributed by atoms with Gasteiger partial charge < -0.3 is 10.6 Å². The fraction of sp³-hybridized carbons (Fsp3) is 0.0204. The van der Waals surface area contributed by atoms with E-state index >= 15 is 0 Å². The first kappa shape index (κ1) is 57.4. The van der Waals surface area contributed by atoms with Crippen LogP contribution in [0.5, 0.6) is 0 Å². The van der Waals surface area contributed by atoms with E-state index in [0.29, 0.717) is 0 Å². The van der Waals surface area contributed by atoms with E-state index in [0.717, 1.165) is 55.8 Å². The number of hydrogen-bond acceptors (Lipinski definition) is 2. The van der Waals surface area contributed by atoms with Crippen LogP contribution in [0.2, 0.25) is 0 Å². The molecule has 2 aliphatic rings. The van der Waals surface area contributed by atoms with E-state index in [-0.39, 0.29) is 0 Å². The quantitative estimate of drug-likeness (QED) is 0.141. The van der Waals surface area contributed by atoms with E-state index in [1.807, 2.05) is 0 Å². The van der Waals surface area contributed by atoms with Crippen LogP contribution in [0.15, 0.2) is 376 Å². The Morgan fingerprint density at radius 1 is 0.170 bits per heavy atom. The van der Waals surface area contributed by atoms with Crippen molar-refractivity contribution in [1.29, 1.82) is 0 Å². The Balaban J connectivity index is 0.944. The van der Waals surface area contributed by atoms with Gasteiger partial charge in [0.05, 0.1) is 22.2 Å². The van der Waals surface area contributed by atoms with E-state index < -0.39 is 10.8 Å². The molecule has 2 heterocycles. The van der Waals surface area contributed by atoms with Gasteiger partial charge in [-0.05, 0) is 178 Å². The third-order valence-corrected chi connectivity index (χ3v) is 22.0. The van der Waals surface area contributed by atoms with Crippen LogP contribution in [0.1, 0.15) is 44.5 Å². The molecule has 0 aromatic heterocycles. The highest BCUT2D eigenvalue weighted by Gasteiger charge is 2.46. The zero-order valence-electron chi connectivity index (χ0n) is 54.8. The first-order valence-corrected chi connectivity index (χ1v) is 34.8. The third kappa shape index (κ3) is 8.44. The molecular weight excluding hydrogens is 1210 g/mol. The summed E-state index contributed by atoms with van der Waals surface area (Å²) >= 11 is 0. The van der Waals surface area contributed by atoms with Crippen LogP contribution in [0.4, 0.5) is 22.7 Å². The Hall–Kier alpha value is -12.9. The molecule has 0 radical (unpaired) electrons. The summed E-state index contributed by atoms with van der Waals surface area (Å²) in [6, 6.07) is 141. The smallest absolute Gasteiger partial charge is 0.0742 e. The average Bonchev–Trinajstić information content (AvgIpc) is 0.707. The lowest BCUT2D eigenvalue weighted by Crippen LogP contribution is -2.35. The molecule has 18 aromatic carbocycles. The first-order valence-electron chi connectivity index (χ1n) is 34.8. The minimum atomic E-state index is -0.663. The molecule has 2 heteroatoms. The minimum absolute atomic E-state index is 0.663. The predicted octanol–water partition coefficient (Wildman–Crippen LogP) is 25.8. The van der Waals surface area contributed by atoms with Crippen LogP contribution in [0.25, 0.3) is 120 Å². The second-order valence-corrected chi connectivity index (χ2v) is 26.9. The molecule has 0 amide bonds. The molecule has 0 saturated heterocycles. The van der Waals surface area contributed by atoms with Gasteiger partial charge in [0.25, 0.3) is 0 Å². The predicted molar refractivity (Wildman–Crippen MR) is 422 cm³/mol. The van der Waals surface area contributed by atoms with Gasteiger partial charge in [0.2, 0.25) is 0 Å². The standard InChI is InChI=1S/C98H64N2/c1-5-33-65(34-6-1)97(66-35-7-2-8-36-66)87-55-17-19-59-91(87)99-95-81(53-27-57-89(95)97)75-47-25-51-79-85(75)62-86-76(82-54-28-58-90-96(82)100-92-60-20-18-56-88(92)98(90,67-37-9-3-10-38-67)68-39-11-4-12-40-68)48-26-52-80(86)94(79)93-77-49-23-45-73(71-43-21-31-63-29-13-15-41-69(63)71)83(77)61-84-74(46-24-50-78(84)93)72-44-22-32-64-30-14-16-42-70(64)72/h1-62,99-100H. The topological polar surface area (TPSA) is 24.1 Å². The largest absolute Gasteiger partial charge is 0.354 e. The molecule has 0 saturated carbocycles. The molecule has 18 aromatic rings. The van der Waals surface area contributed by atoms with E-state index in [1.54, 1.807) is 0 Å². The van der Waals surface area contributed by atoms with Crippen molar-refractivity contribution >= 4 is 87.4 Å². The lowest BCUT2D eigenvalue weighted by Gasteiger charge is -2.43. The van der Waals surface area contributed by atoms with E-state index in [2.05, 4.69) is 387 Å². The van der Waals surface area contributed by atoms with Gasteiger partial charge in [0.1, 0.15) is 0 Å². The number of para-hydroxylation sites is 4. The minimum Gasteiger partial charge on any atom is -0.354 e. The monoisotopic (exact) mass is 1270 g/mol. The highest BCUT2D eigenvalue weighted by atomic mass is 14.9. The summed E-state index contributed by atoms with van der Waals surface area (Å²) in [7, 11) is 0. The maximum atomic E-state index is 4.17. The molecule has 2 N–H and O–H groups in total. The van der Waals surface area contributed by atoms with Gasteiger partial charge in [-0.3, -0.25) is 0 Å². The van der Waals surface area contributed by atoms with E-state index in [4.69, 9.17) is 0 Å². The number of anilines is 4. The second kappa shape index (κ2) is 22.9.